The van der Waals surface area contributed by atoms with Crippen LogP contribution >= 0.6 is 15.9 Å². The van der Waals surface area contributed by atoms with Gasteiger partial charge in [-0.15, -0.1) is 0 Å². The lowest BCUT2D eigenvalue weighted by molar-refractivity contribution is -0.123. The molecule has 0 bridgehead atoms. The molecule has 4 rings (SSSR count). The van der Waals surface area contributed by atoms with Crippen molar-refractivity contribution in [1.29, 1.82) is 0 Å². The largest absolute Gasteiger partial charge is 0.489 e. The number of aryl methyl sites for hydroxylation is 1. The van der Waals surface area contributed by atoms with Gasteiger partial charge in [0.2, 0.25) is 5.91 Å². The van der Waals surface area contributed by atoms with E-state index in [1.807, 2.05) is 24.3 Å². The Morgan fingerprint density at radius 1 is 1.17 bits per heavy atom. The molecule has 0 aromatic heterocycles. The van der Waals surface area contributed by atoms with E-state index in [-0.39, 0.29) is 12.0 Å². The summed E-state index contributed by atoms with van der Waals surface area (Å²) in [5, 5.41) is 9.38. The van der Waals surface area contributed by atoms with Crippen molar-refractivity contribution in [2.75, 3.05) is 33.7 Å². The van der Waals surface area contributed by atoms with Gasteiger partial charge < -0.3 is 14.7 Å². The van der Waals surface area contributed by atoms with Crippen molar-refractivity contribution in [1.82, 2.24) is 9.80 Å². The van der Waals surface area contributed by atoms with Crippen LogP contribution in [0, 0.1) is 0 Å². The first kappa shape index (κ1) is 25.2. The number of carbonyl (C=O) groups is 2. The molecule has 0 spiro atoms. The number of aromatic carboxylic acids is 1. The van der Waals surface area contributed by atoms with Crippen LogP contribution < -0.4 is 4.74 Å². The van der Waals surface area contributed by atoms with Crippen LogP contribution in [0.1, 0.15) is 46.3 Å². The number of benzene rings is 2. The third kappa shape index (κ3) is 6.21. The van der Waals surface area contributed by atoms with Gasteiger partial charge in [-0.3, -0.25) is 9.69 Å². The van der Waals surface area contributed by atoms with Crippen LogP contribution in [-0.2, 0) is 11.2 Å². The van der Waals surface area contributed by atoms with Crippen LogP contribution in [0.4, 0.5) is 0 Å². The molecule has 0 saturated carbocycles. The predicted molar refractivity (Wildman–Crippen MR) is 141 cm³/mol. The highest BCUT2D eigenvalue weighted by molar-refractivity contribution is 9.11. The molecule has 0 unspecified atom stereocenters. The number of likely N-dealkylation sites (tertiary alicyclic amines) is 1. The summed E-state index contributed by atoms with van der Waals surface area (Å²) in [6, 6.07) is 13.6. The molecule has 1 aliphatic heterocycles. The Morgan fingerprint density at radius 2 is 1.94 bits per heavy atom. The Hall–Kier alpha value is -2.90. The van der Waals surface area contributed by atoms with E-state index in [2.05, 4.69) is 33.0 Å². The lowest BCUT2D eigenvalue weighted by Crippen LogP contribution is -2.25. The van der Waals surface area contributed by atoms with Gasteiger partial charge in [0.25, 0.3) is 0 Å². The number of allylic oxidation sites excluding steroid dienone is 1. The van der Waals surface area contributed by atoms with Gasteiger partial charge in [-0.2, -0.15) is 0 Å². The number of ether oxygens (including phenoxy) is 1. The summed E-state index contributed by atoms with van der Waals surface area (Å²) in [6.07, 6.45) is 7.34. The number of likely N-dealkylation sites (N-methyl/N-ethyl adjacent to an activating group) is 1. The van der Waals surface area contributed by atoms with Gasteiger partial charge in [-0.25, -0.2) is 4.79 Å². The van der Waals surface area contributed by atoms with E-state index in [0.717, 1.165) is 77.8 Å². The maximum absolute atomic E-state index is 11.7. The van der Waals surface area contributed by atoms with Gasteiger partial charge in [0.15, 0.2) is 0 Å². The van der Waals surface area contributed by atoms with E-state index in [4.69, 9.17) is 4.74 Å². The standard InChI is InChI=1S/C28H31BrN2O4/c1-30(2)26(32)7-4-15-31-16-14-23(18-31)35-22-11-8-19(9-12-22)27-24-13-10-21(28(33)34)17-20(24)5-3-6-25(27)29/h4,7-13,17,23H,3,5-6,14-16,18H2,1-2H3,(H,33,34)/b7-4+/t23-/m0/s1. The average molecular weight is 539 g/mol. The molecule has 7 heteroatoms. The number of hydrogen-bond acceptors (Lipinski definition) is 4. The average Bonchev–Trinajstić information content (AvgIpc) is 3.20. The third-order valence-corrected chi connectivity index (χ3v) is 7.27. The summed E-state index contributed by atoms with van der Waals surface area (Å²) in [6.45, 7) is 2.51. The lowest BCUT2D eigenvalue weighted by Gasteiger charge is -2.17. The Labute approximate surface area is 215 Å². The molecular formula is C28H31BrN2O4. The number of fused-ring (bicyclic) bond motifs is 1. The minimum absolute atomic E-state index is 0.00236. The number of amides is 1. The lowest BCUT2D eigenvalue weighted by atomic mass is 9.92. The second-order valence-electron chi connectivity index (χ2n) is 9.26. The first-order valence-corrected chi connectivity index (χ1v) is 12.7. The van der Waals surface area contributed by atoms with Crippen molar-refractivity contribution >= 4 is 33.4 Å². The minimum atomic E-state index is -0.897. The molecule has 1 heterocycles. The number of nitrogens with zero attached hydrogens (tertiary/aromatic N) is 2. The summed E-state index contributed by atoms with van der Waals surface area (Å²) in [4.78, 5) is 27.0. The molecule has 1 atom stereocenters. The van der Waals surface area contributed by atoms with E-state index >= 15 is 0 Å². The third-order valence-electron chi connectivity index (χ3n) is 6.47. The van der Waals surface area contributed by atoms with Gasteiger partial charge in [-0.05, 0) is 72.2 Å². The highest BCUT2D eigenvalue weighted by Crippen LogP contribution is 2.38. The van der Waals surface area contributed by atoms with Crippen molar-refractivity contribution in [3.05, 3.63) is 81.4 Å². The van der Waals surface area contributed by atoms with E-state index in [9.17, 15) is 14.7 Å². The van der Waals surface area contributed by atoms with E-state index in [1.165, 1.54) is 0 Å². The summed E-state index contributed by atoms with van der Waals surface area (Å²) in [7, 11) is 3.49. The Bertz CT molecular complexity index is 1150. The van der Waals surface area contributed by atoms with Crippen molar-refractivity contribution in [2.24, 2.45) is 0 Å². The molecular weight excluding hydrogens is 508 g/mol. The Kier molecular flexibility index (Phi) is 8.08. The zero-order chi connectivity index (χ0) is 24.9. The molecule has 1 N–H and O–H groups in total. The summed E-state index contributed by atoms with van der Waals surface area (Å²) in [5.41, 5.74) is 4.68. The molecule has 2 aliphatic rings. The number of carboxylic acid groups (broad SMARTS) is 1. The molecule has 1 amide bonds. The molecule has 6 nitrogen and oxygen atoms in total. The van der Waals surface area contributed by atoms with Gasteiger partial charge >= 0.3 is 5.97 Å². The number of carboxylic acids is 1. The highest BCUT2D eigenvalue weighted by Gasteiger charge is 2.24. The summed E-state index contributed by atoms with van der Waals surface area (Å²) >= 11 is 3.79. The van der Waals surface area contributed by atoms with Crippen molar-refractivity contribution < 1.29 is 19.4 Å². The SMILES string of the molecule is CN(C)C(=O)/C=C/CN1CC[C@H](Oc2ccc(C3=C(Br)CCCc4cc(C(=O)O)ccc43)cc2)C1. The van der Waals surface area contributed by atoms with Crippen LogP contribution in [0.3, 0.4) is 0 Å². The molecule has 35 heavy (non-hydrogen) atoms. The normalized spacial score (nSPS) is 18.4. The van der Waals surface area contributed by atoms with Crippen molar-refractivity contribution in [2.45, 2.75) is 31.8 Å². The molecule has 1 aliphatic carbocycles. The van der Waals surface area contributed by atoms with Crippen molar-refractivity contribution in [3.63, 3.8) is 0 Å². The van der Waals surface area contributed by atoms with Crippen LogP contribution in [0.5, 0.6) is 5.75 Å². The Morgan fingerprint density at radius 3 is 2.66 bits per heavy atom. The van der Waals surface area contributed by atoms with Crippen LogP contribution in [0.15, 0.2) is 59.1 Å². The molecule has 0 radical (unpaired) electrons. The maximum atomic E-state index is 11.7. The van der Waals surface area contributed by atoms with Crippen LogP contribution in [0.25, 0.3) is 5.57 Å². The van der Waals surface area contributed by atoms with Crippen LogP contribution in [-0.4, -0.2) is 66.6 Å². The first-order chi connectivity index (χ1) is 16.8. The minimum Gasteiger partial charge on any atom is -0.489 e. The topological polar surface area (TPSA) is 70.1 Å². The van der Waals surface area contributed by atoms with E-state index in [1.54, 1.807) is 37.2 Å². The number of hydrogen-bond donors (Lipinski definition) is 1. The molecule has 184 valence electrons. The number of halogens is 1. The fourth-order valence-corrected chi connectivity index (χ4v) is 5.32. The van der Waals surface area contributed by atoms with Gasteiger partial charge in [-0.1, -0.05) is 40.2 Å². The smallest absolute Gasteiger partial charge is 0.335 e. The fraction of sp³-hybridized carbons (Fsp3) is 0.357. The highest BCUT2D eigenvalue weighted by atomic mass is 79.9. The van der Waals surface area contributed by atoms with Gasteiger partial charge in [0.1, 0.15) is 11.9 Å². The molecule has 1 fully saturated rings. The molecule has 1 saturated heterocycles. The Balaban J connectivity index is 1.42. The fourth-order valence-electron chi connectivity index (χ4n) is 4.60. The van der Waals surface area contributed by atoms with Crippen LogP contribution in [0.2, 0.25) is 0 Å². The zero-order valence-electron chi connectivity index (χ0n) is 20.2. The van der Waals surface area contributed by atoms with E-state index < -0.39 is 5.97 Å². The number of carbonyl (C=O) groups excluding carboxylic acids is 1. The van der Waals surface area contributed by atoms with E-state index in [0.29, 0.717) is 5.56 Å². The maximum Gasteiger partial charge on any atom is 0.335 e. The summed E-state index contributed by atoms with van der Waals surface area (Å²) < 4.78 is 7.38. The predicted octanol–water partition coefficient (Wildman–Crippen LogP) is 4.97. The van der Waals surface area contributed by atoms with Gasteiger partial charge in [0.05, 0.1) is 5.56 Å². The first-order valence-electron chi connectivity index (χ1n) is 11.9. The second kappa shape index (κ2) is 11.2. The molecule has 2 aromatic carbocycles. The monoisotopic (exact) mass is 538 g/mol. The summed E-state index contributed by atoms with van der Waals surface area (Å²) in [5.74, 6) is -0.0603. The quantitative estimate of drug-likeness (QED) is 0.503. The zero-order valence-corrected chi connectivity index (χ0v) is 21.8. The second-order valence-corrected chi connectivity index (χ2v) is 10.2. The number of rotatable bonds is 7. The van der Waals surface area contributed by atoms with Crippen molar-refractivity contribution in [3.8, 4) is 5.75 Å². The molecule has 2 aromatic rings. The van der Waals surface area contributed by atoms with Gasteiger partial charge in [0, 0.05) is 44.3 Å².